The number of ether oxygens (including phenoxy) is 2. The highest BCUT2D eigenvalue weighted by Gasteiger charge is 2.25. The molecule has 0 radical (unpaired) electrons. The van der Waals surface area contributed by atoms with Crippen LogP contribution in [0.2, 0.25) is 0 Å². The molecule has 1 unspecified atom stereocenters. The van der Waals surface area contributed by atoms with E-state index in [0.29, 0.717) is 6.61 Å². The van der Waals surface area contributed by atoms with Crippen molar-refractivity contribution < 1.29 is 9.47 Å². The predicted octanol–water partition coefficient (Wildman–Crippen LogP) is 3.92. The van der Waals surface area contributed by atoms with Gasteiger partial charge in [0, 0.05) is 6.61 Å². The Labute approximate surface area is 109 Å². The van der Waals surface area contributed by atoms with Crippen LogP contribution in [0.3, 0.4) is 0 Å². The van der Waals surface area contributed by atoms with E-state index < -0.39 is 0 Å². The summed E-state index contributed by atoms with van der Waals surface area (Å²) in [6, 6.07) is 6.62. The van der Waals surface area contributed by atoms with Crippen LogP contribution in [0, 0.1) is 6.92 Å². The van der Waals surface area contributed by atoms with E-state index in [0.717, 1.165) is 18.9 Å². The molecule has 0 bridgehead atoms. The highest BCUT2D eigenvalue weighted by molar-refractivity contribution is 5.38. The molecule has 0 N–H and O–H groups in total. The van der Waals surface area contributed by atoms with E-state index in [1.165, 1.54) is 42.4 Å². The zero-order valence-corrected chi connectivity index (χ0v) is 11.2. The topological polar surface area (TPSA) is 18.5 Å². The lowest BCUT2D eigenvalue weighted by Gasteiger charge is -2.23. The van der Waals surface area contributed by atoms with Gasteiger partial charge in [0.1, 0.15) is 0 Å². The first-order valence-electron chi connectivity index (χ1n) is 7.16. The Kier molecular flexibility index (Phi) is 3.67. The van der Waals surface area contributed by atoms with Gasteiger partial charge in [-0.15, -0.1) is 0 Å². The van der Waals surface area contributed by atoms with Gasteiger partial charge in [0.2, 0.25) is 0 Å². The second-order valence-electron chi connectivity index (χ2n) is 5.51. The van der Waals surface area contributed by atoms with E-state index >= 15 is 0 Å². The molecule has 2 nitrogen and oxygen atoms in total. The van der Waals surface area contributed by atoms with Crippen molar-refractivity contribution in [1.29, 1.82) is 0 Å². The summed E-state index contributed by atoms with van der Waals surface area (Å²) in [6.07, 6.45) is 6.18. The largest absolute Gasteiger partial charge is 0.353 e. The summed E-state index contributed by atoms with van der Waals surface area (Å²) >= 11 is 0. The lowest BCUT2D eigenvalue weighted by atomic mass is 9.99. The van der Waals surface area contributed by atoms with Crippen LogP contribution in [0.5, 0.6) is 0 Å². The second kappa shape index (κ2) is 5.41. The summed E-state index contributed by atoms with van der Waals surface area (Å²) in [4.78, 5) is 0. The fourth-order valence-corrected chi connectivity index (χ4v) is 2.72. The van der Waals surface area contributed by atoms with E-state index in [-0.39, 0.29) is 6.29 Å². The number of benzene rings is 1. The van der Waals surface area contributed by atoms with E-state index in [2.05, 4.69) is 25.1 Å². The number of hydrogen-bond donors (Lipinski definition) is 0. The molecule has 98 valence electrons. The van der Waals surface area contributed by atoms with Gasteiger partial charge < -0.3 is 9.47 Å². The summed E-state index contributed by atoms with van der Waals surface area (Å²) < 4.78 is 11.5. The molecule has 1 saturated heterocycles. The van der Waals surface area contributed by atoms with Crippen LogP contribution in [-0.4, -0.2) is 12.9 Å². The van der Waals surface area contributed by atoms with Crippen molar-refractivity contribution in [2.24, 2.45) is 0 Å². The Hall–Kier alpha value is -0.860. The van der Waals surface area contributed by atoms with Gasteiger partial charge in [-0.2, -0.15) is 0 Å². The average Bonchev–Trinajstić information content (AvgIpc) is 3.23. The quantitative estimate of drug-likeness (QED) is 0.801. The molecule has 1 aliphatic carbocycles. The fraction of sp³-hybridized carbons (Fsp3) is 0.625. The molecule has 1 aromatic carbocycles. The normalized spacial score (nSPS) is 24.2. The Morgan fingerprint density at radius 3 is 2.83 bits per heavy atom. The summed E-state index contributed by atoms with van der Waals surface area (Å²) in [5.74, 6) is 0.816. The van der Waals surface area contributed by atoms with Crippen LogP contribution in [0.25, 0.3) is 0 Å². The molecule has 0 spiro atoms. The highest BCUT2D eigenvalue weighted by atomic mass is 16.7. The van der Waals surface area contributed by atoms with Crippen molar-refractivity contribution in [2.45, 2.75) is 57.8 Å². The van der Waals surface area contributed by atoms with Gasteiger partial charge in [-0.05, 0) is 61.6 Å². The van der Waals surface area contributed by atoms with Crippen molar-refractivity contribution in [2.75, 3.05) is 6.61 Å². The van der Waals surface area contributed by atoms with E-state index in [9.17, 15) is 0 Å². The lowest BCUT2D eigenvalue weighted by Crippen LogP contribution is -2.22. The summed E-state index contributed by atoms with van der Waals surface area (Å²) in [5.41, 5.74) is 4.28. The maximum atomic E-state index is 5.88. The zero-order chi connectivity index (χ0) is 12.4. The highest BCUT2D eigenvalue weighted by Crippen LogP contribution is 2.42. The van der Waals surface area contributed by atoms with Gasteiger partial charge >= 0.3 is 0 Å². The monoisotopic (exact) mass is 246 g/mol. The van der Waals surface area contributed by atoms with Crippen molar-refractivity contribution >= 4 is 0 Å². The number of hydrogen-bond acceptors (Lipinski definition) is 2. The molecule has 1 aliphatic heterocycles. The van der Waals surface area contributed by atoms with Gasteiger partial charge in [-0.1, -0.05) is 18.2 Å². The molecule has 1 atom stereocenters. The minimum atomic E-state index is 0.0164. The summed E-state index contributed by atoms with van der Waals surface area (Å²) in [6.45, 7) is 3.77. The van der Waals surface area contributed by atoms with Crippen molar-refractivity contribution in [3.05, 3.63) is 34.9 Å². The number of rotatable bonds is 4. The van der Waals surface area contributed by atoms with Crippen LogP contribution < -0.4 is 0 Å². The minimum Gasteiger partial charge on any atom is -0.353 e. The molecule has 0 aromatic heterocycles. The molecule has 3 rings (SSSR count). The Bertz CT molecular complexity index is 404. The molecule has 1 aromatic rings. The first-order valence-corrected chi connectivity index (χ1v) is 7.16. The Balaban J connectivity index is 1.63. The molecule has 1 saturated carbocycles. The van der Waals surface area contributed by atoms with Crippen LogP contribution >= 0.6 is 0 Å². The summed E-state index contributed by atoms with van der Waals surface area (Å²) in [7, 11) is 0. The SMILES string of the molecule is Cc1c(COC2CCCCO2)cccc1C1CC1. The molecular formula is C16H22O2. The van der Waals surface area contributed by atoms with Gasteiger partial charge in [-0.3, -0.25) is 0 Å². The van der Waals surface area contributed by atoms with Crippen LogP contribution in [0.15, 0.2) is 18.2 Å². The third-order valence-corrected chi connectivity index (χ3v) is 4.07. The van der Waals surface area contributed by atoms with Gasteiger partial charge in [0.05, 0.1) is 6.61 Å². The van der Waals surface area contributed by atoms with Crippen molar-refractivity contribution in [3.8, 4) is 0 Å². The van der Waals surface area contributed by atoms with Crippen LogP contribution in [0.4, 0.5) is 0 Å². The first kappa shape index (κ1) is 12.2. The third kappa shape index (κ3) is 2.76. The minimum absolute atomic E-state index is 0.0164. The van der Waals surface area contributed by atoms with Crippen LogP contribution in [-0.2, 0) is 16.1 Å². The molecule has 2 heteroatoms. The molecule has 2 fully saturated rings. The maximum Gasteiger partial charge on any atom is 0.158 e. The zero-order valence-electron chi connectivity index (χ0n) is 11.2. The average molecular weight is 246 g/mol. The Morgan fingerprint density at radius 2 is 2.11 bits per heavy atom. The van der Waals surface area contributed by atoms with Crippen LogP contribution in [0.1, 0.15) is 54.7 Å². The molecular weight excluding hydrogens is 224 g/mol. The van der Waals surface area contributed by atoms with Gasteiger partial charge in [0.25, 0.3) is 0 Å². The first-order chi connectivity index (χ1) is 8.84. The smallest absolute Gasteiger partial charge is 0.158 e. The predicted molar refractivity (Wildman–Crippen MR) is 71.5 cm³/mol. The van der Waals surface area contributed by atoms with Gasteiger partial charge in [-0.25, -0.2) is 0 Å². The fourth-order valence-electron chi connectivity index (χ4n) is 2.72. The van der Waals surface area contributed by atoms with Crippen molar-refractivity contribution in [1.82, 2.24) is 0 Å². The van der Waals surface area contributed by atoms with E-state index in [4.69, 9.17) is 9.47 Å². The Morgan fingerprint density at radius 1 is 1.22 bits per heavy atom. The molecule has 0 amide bonds. The van der Waals surface area contributed by atoms with Crippen molar-refractivity contribution in [3.63, 3.8) is 0 Å². The summed E-state index contributed by atoms with van der Waals surface area (Å²) in [5, 5.41) is 0. The lowest BCUT2D eigenvalue weighted by molar-refractivity contribution is -0.169. The molecule has 2 aliphatic rings. The van der Waals surface area contributed by atoms with Gasteiger partial charge in [0.15, 0.2) is 6.29 Å². The third-order valence-electron chi connectivity index (χ3n) is 4.07. The molecule has 1 heterocycles. The van der Waals surface area contributed by atoms with E-state index in [1.807, 2.05) is 0 Å². The standard InChI is InChI=1S/C16H22O2/c1-12-14(5-4-6-15(12)13-8-9-13)11-18-16-7-2-3-10-17-16/h4-6,13,16H,2-3,7-11H2,1H3. The maximum absolute atomic E-state index is 5.88. The molecule has 18 heavy (non-hydrogen) atoms. The second-order valence-corrected chi connectivity index (χ2v) is 5.51. The van der Waals surface area contributed by atoms with E-state index in [1.54, 1.807) is 0 Å².